The lowest BCUT2D eigenvalue weighted by Gasteiger charge is -2.31. The third-order valence-corrected chi connectivity index (χ3v) is 2.64. The minimum Gasteiger partial charge on any atom is -0.478 e. The van der Waals surface area contributed by atoms with Gasteiger partial charge in [-0.2, -0.15) is 0 Å². The Morgan fingerprint density at radius 3 is 2.67 bits per heavy atom. The van der Waals surface area contributed by atoms with E-state index in [9.17, 15) is 4.79 Å². The van der Waals surface area contributed by atoms with Crippen LogP contribution in [0.3, 0.4) is 0 Å². The highest BCUT2D eigenvalue weighted by molar-refractivity contribution is 5.93. The Morgan fingerprint density at radius 2 is 2.33 bits per heavy atom. The topological polar surface area (TPSA) is 29.5 Å². The molecule has 0 radical (unpaired) electrons. The van der Waals surface area contributed by atoms with Gasteiger partial charge in [0.15, 0.2) is 12.0 Å². The van der Waals surface area contributed by atoms with Crippen LogP contribution in [0.15, 0.2) is 11.3 Å². The Labute approximate surface area is 72.0 Å². The minimum atomic E-state index is 0.118. The van der Waals surface area contributed by atoms with E-state index in [1.165, 1.54) is 0 Å². The maximum Gasteiger partial charge on any atom is 0.158 e. The number of hydrogen-bond acceptors (Lipinski definition) is 3. The van der Waals surface area contributed by atoms with Gasteiger partial charge in [-0.05, 0) is 13.8 Å². The van der Waals surface area contributed by atoms with Crippen LogP contribution in [0.4, 0.5) is 0 Å². The molecular formula is C9H13NO2. The molecule has 0 aliphatic carbocycles. The summed E-state index contributed by atoms with van der Waals surface area (Å²) in [6, 6.07) is 0. The van der Waals surface area contributed by atoms with Gasteiger partial charge in [0.25, 0.3) is 0 Å². The normalized spacial score (nSPS) is 32.0. The van der Waals surface area contributed by atoms with Crippen molar-refractivity contribution in [1.82, 2.24) is 4.90 Å². The second-order valence-electron chi connectivity index (χ2n) is 3.44. The highest BCUT2D eigenvalue weighted by Crippen LogP contribution is 2.30. The average Bonchev–Trinajstić information content (AvgIpc) is 2.27. The molecule has 0 N–H and O–H groups in total. The smallest absolute Gasteiger partial charge is 0.158 e. The van der Waals surface area contributed by atoms with Crippen molar-refractivity contribution >= 4 is 5.78 Å². The maximum atomic E-state index is 11.0. The Balaban J connectivity index is 2.15. The molecule has 1 unspecified atom stereocenters. The highest BCUT2D eigenvalue weighted by atomic mass is 16.5. The fourth-order valence-electron chi connectivity index (χ4n) is 1.52. The number of carbonyl (C=O) groups is 1. The summed E-state index contributed by atoms with van der Waals surface area (Å²) in [6.07, 6.45) is 1.38. The van der Waals surface area contributed by atoms with Gasteiger partial charge in [0.2, 0.25) is 0 Å². The summed E-state index contributed by atoms with van der Waals surface area (Å²) >= 11 is 0. The number of ketones is 1. The average molecular weight is 167 g/mol. The van der Waals surface area contributed by atoms with Crippen molar-refractivity contribution in [2.45, 2.75) is 26.5 Å². The molecule has 12 heavy (non-hydrogen) atoms. The van der Waals surface area contributed by atoms with E-state index in [0.29, 0.717) is 0 Å². The van der Waals surface area contributed by atoms with E-state index in [1.54, 1.807) is 6.92 Å². The lowest BCUT2D eigenvalue weighted by molar-refractivity contribution is -0.113. The van der Waals surface area contributed by atoms with Gasteiger partial charge in [0.05, 0.1) is 6.54 Å². The number of fused-ring (bicyclic) bond motifs is 1. The number of hydrogen-bond donors (Lipinski definition) is 0. The first kappa shape index (κ1) is 7.80. The zero-order chi connectivity index (χ0) is 8.72. The lowest BCUT2D eigenvalue weighted by Crippen LogP contribution is -2.42. The molecule has 0 amide bonds. The van der Waals surface area contributed by atoms with E-state index < -0.39 is 0 Å². The predicted octanol–water partition coefficient (Wildman–Crippen LogP) is 0.911. The van der Waals surface area contributed by atoms with E-state index in [1.807, 2.05) is 6.92 Å². The first-order valence-corrected chi connectivity index (χ1v) is 4.30. The fourth-order valence-corrected chi connectivity index (χ4v) is 1.52. The predicted molar refractivity (Wildman–Crippen MR) is 44.4 cm³/mol. The van der Waals surface area contributed by atoms with Crippen LogP contribution in [-0.4, -0.2) is 30.0 Å². The van der Waals surface area contributed by atoms with E-state index in [-0.39, 0.29) is 12.0 Å². The maximum absolute atomic E-state index is 11.0. The highest BCUT2D eigenvalue weighted by Gasteiger charge is 2.37. The quantitative estimate of drug-likeness (QED) is 0.544. The third kappa shape index (κ3) is 1.05. The Morgan fingerprint density at radius 1 is 1.58 bits per heavy atom. The van der Waals surface area contributed by atoms with Gasteiger partial charge in [-0.3, -0.25) is 9.69 Å². The summed E-state index contributed by atoms with van der Waals surface area (Å²) in [5.41, 5.74) is 0.782. The van der Waals surface area contributed by atoms with Crippen LogP contribution in [0.25, 0.3) is 0 Å². The Kier molecular flexibility index (Phi) is 1.68. The van der Waals surface area contributed by atoms with Gasteiger partial charge >= 0.3 is 0 Å². The number of ether oxygens (including phenoxy) is 1. The van der Waals surface area contributed by atoms with Gasteiger partial charge < -0.3 is 4.74 Å². The van der Waals surface area contributed by atoms with Crippen LogP contribution in [0.2, 0.25) is 0 Å². The SMILES string of the molecule is CC(=O)/C(C)=C1\CN2CCC2O1. The number of allylic oxidation sites excluding steroid dienone is 1. The molecule has 0 aromatic carbocycles. The molecule has 0 aromatic heterocycles. The molecule has 2 saturated heterocycles. The molecule has 3 nitrogen and oxygen atoms in total. The molecule has 0 aromatic rings. The molecular weight excluding hydrogens is 154 g/mol. The zero-order valence-corrected chi connectivity index (χ0v) is 7.46. The molecule has 0 spiro atoms. The Bertz CT molecular complexity index is 243. The number of rotatable bonds is 1. The number of nitrogens with zero attached hydrogens (tertiary/aromatic N) is 1. The van der Waals surface area contributed by atoms with E-state index in [2.05, 4.69) is 4.90 Å². The van der Waals surface area contributed by atoms with Crippen molar-refractivity contribution in [1.29, 1.82) is 0 Å². The van der Waals surface area contributed by atoms with Gasteiger partial charge in [0, 0.05) is 18.5 Å². The summed E-state index contributed by atoms with van der Waals surface area (Å²) in [5, 5.41) is 0. The summed E-state index contributed by atoms with van der Waals surface area (Å²) in [4.78, 5) is 13.2. The first-order valence-electron chi connectivity index (χ1n) is 4.30. The van der Waals surface area contributed by atoms with Gasteiger partial charge in [-0.15, -0.1) is 0 Å². The van der Waals surface area contributed by atoms with Crippen molar-refractivity contribution < 1.29 is 9.53 Å². The van der Waals surface area contributed by atoms with Crippen LogP contribution in [0.5, 0.6) is 0 Å². The van der Waals surface area contributed by atoms with Crippen LogP contribution in [-0.2, 0) is 9.53 Å². The third-order valence-electron chi connectivity index (χ3n) is 2.64. The molecule has 66 valence electrons. The van der Waals surface area contributed by atoms with Crippen molar-refractivity contribution in [2.75, 3.05) is 13.1 Å². The molecule has 0 bridgehead atoms. The first-order chi connectivity index (χ1) is 5.68. The number of Topliss-reactive ketones (excluding diaryl/α,β-unsaturated/α-hetero) is 1. The largest absolute Gasteiger partial charge is 0.478 e. The summed E-state index contributed by atoms with van der Waals surface area (Å²) in [6.45, 7) is 5.36. The van der Waals surface area contributed by atoms with Gasteiger partial charge in [-0.25, -0.2) is 0 Å². The monoisotopic (exact) mass is 167 g/mol. The van der Waals surface area contributed by atoms with E-state index in [4.69, 9.17) is 4.74 Å². The molecule has 2 aliphatic heterocycles. The Hall–Kier alpha value is -0.830. The minimum absolute atomic E-state index is 0.118. The van der Waals surface area contributed by atoms with Crippen LogP contribution in [0.1, 0.15) is 20.3 Å². The molecule has 2 aliphatic rings. The lowest BCUT2D eigenvalue weighted by atomic mass is 10.1. The van der Waals surface area contributed by atoms with Crippen molar-refractivity contribution in [3.63, 3.8) is 0 Å². The molecule has 2 rings (SSSR count). The zero-order valence-electron chi connectivity index (χ0n) is 7.46. The van der Waals surface area contributed by atoms with Crippen molar-refractivity contribution in [3.8, 4) is 0 Å². The van der Waals surface area contributed by atoms with Crippen LogP contribution in [0, 0.1) is 0 Å². The van der Waals surface area contributed by atoms with E-state index in [0.717, 1.165) is 30.8 Å². The van der Waals surface area contributed by atoms with Gasteiger partial charge in [-0.1, -0.05) is 0 Å². The van der Waals surface area contributed by atoms with Crippen LogP contribution < -0.4 is 0 Å². The van der Waals surface area contributed by atoms with E-state index >= 15 is 0 Å². The molecule has 0 saturated carbocycles. The molecule has 2 fully saturated rings. The standard InChI is InChI=1S/C9H13NO2/c1-6(7(2)11)8-5-10-4-3-9(10)12-8/h9H,3-5H2,1-2H3/b8-6+. The summed E-state index contributed by atoms with van der Waals surface area (Å²) in [5.74, 6) is 0.998. The molecule has 1 atom stereocenters. The second kappa shape index (κ2) is 2.59. The second-order valence-corrected chi connectivity index (χ2v) is 3.44. The summed E-state index contributed by atoms with van der Waals surface area (Å²) in [7, 11) is 0. The molecule has 3 heteroatoms. The fraction of sp³-hybridized carbons (Fsp3) is 0.667. The van der Waals surface area contributed by atoms with Crippen molar-refractivity contribution in [2.24, 2.45) is 0 Å². The number of carbonyl (C=O) groups excluding carboxylic acids is 1. The van der Waals surface area contributed by atoms with Gasteiger partial charge in [0.1, 0.15) is 5.76 Å². The van der Waals surface area contributed by atoms with Crippen molar-refractivity contribution in [3.05, 3.63) is 11.3 Å². The molecule has 2 heterocycles. The van der Waals surface area contributed by atoms with Crippen LogP contribution >= 0.6 is 0 Å². The summed E-state index contributed by atoms with van der Waals surface area (Å²) < 4.78 is 5.57.